The van der Waals surface area contributed by atoms with Gasteiger partial charge in [-0.1, -0.05) is 75.8 Å². The van der Waals surface area contributed by atoms with Crippen LogP contribution < -0.4 is 10.6 Å². The Kier molecular flexibility index (Phi) is 12.9. The third-order valence-electron chi connectivity index (χ3n) is 8.53. The molecule has 1 heterocycles. The normalized spacial score (nSPS) is 20.2. The lowest BCUT2D eigenvalue weighted by molar-refractivity contribution is -0.139. The molecule has 3 atom stereocenters. The van der Waals surface area contributed by atoms with Crippen LogP contribution in [-0.4, -0.2) is 73.0 Å². The van der Waals surface area contributed by atoms with E-state index >= 15 is 0 Å². The molecule has 2 amide bonds. The van der Waals surface area contributed by atoms with Crippen molar-refractivity contribution in [3.8, 4) is 0 Å². The number of unbranched alkanes of at least 4 members (excludes halogenated alkanes) is 3. The zero-order valence-electron chi connectivity index (χ0n) is 23.7. The molecule has 1 aromatic carbocycles. The van der Waals surface area contributed by atoms with E-state index in [2.05, 4.69) is 57.7 Å². The number of hydrogen-bond donors (Lipinski definition) is 2. The summed E-state index contributed by atoms with van der Waals surface area (Å²) in [7, 11) is 1.79. The molecule has 3 rings (SSSR count). The SMILES string of the molecule is CCCCCCN(CCc1ccccc1)C[C@@H]1CCCN1C(=O)[C@@H](NC(=O)[C@H](C)NC)C1CCCCC1. The summed E-state index contributed by atoms with van der Waals surface area (Å²) in [6.45, 7) is 7.98. The summed E-state index contributed by atoms with van der Waals surface area (Å²) in [6.07, 6.45) is 13.8. The fraction of sp³-hybridized carbons (Fsp3) is 0.742. The zero-order chi connectivity index (χ0) is 26.5. The fourth-order valence-electron chi connectivity index (χ4n) is 6.04. The molecule has 1 saturated heterocycles. The van der Waals surface area contributed by atoms with Crippen LogP contribution in [0.1, 0.15) is 90.0 Å². The maximum absolute atomic E-state index is 14.0. The van der Waals surface area contributed by atoms with E-state index in [0.717, 1.165) is 71.1 Å². The van der Waals surface area contributed by atoms with Crippen molar-refractivity contribution in [3.05, 3.63) is 35.9 Å². The average molecular weight is 513 g/mol. The van der Waals surface area contributed by atoms with Crippen LogP contribution in [0.25, 0.3) is 0 Å². The van der Waals surface area contributed by atoms with Crippen molar-refractivity contribution >= 4 is 11.8 Å². The number of likely N-dealkylation sites (N-methyl/N-ethyl adjacent to an activating group) is 1. The fourth-order valence-corrected chi connectivity index (χ4v) is 6.04. The van der Waals surface area contributed by atoms with Crippen LogP contribution in [0.4, 0.5) is 0 Å². The van der Waals surface area contributed by atoms with E-state index in [4.69, 9.17) is 0 Å². The van der Waals surface area contributed by atoms with Crippen molar-refractivity contribution in [2.45, 2.75) is 109 Å². The molecule has 2 N–H and O–H groups in total. The van der Waals surface area contributed by atoms with E-state index < -0.39 is 6.04 Å². The van der Waals surface area contributed by atoms with Crippen molar-refractivity contribution in [1.29, 1.82) is 0 Å². The van der Waals surface area contributed by atoms with Gasteiger partial charge in [-0.25, -0.2) is 0 Å². The van der Waals surface area contributed by atoms with Gasteiger partial charge in [0.1, 0.15) is 6.04 Å². The lowest BCUT2D eigenvalue weighted by Crippen LogP contribution is -2.57. The van der Waals surface area contributed by atoms with E-state index in [0.29, 0.717) is 0 Å². The van der Waals surface area contributed by atoms with Gasteiger partial charge in [0, 0.05) is 25.7 Å². The molecule has 6 heteroatoms. The Morgan fingerprint density at radius 2 is 1.76 bits per heavy atom. The second-order valence-electron chi connectivity index (χ2n) is 11.3. The predicted molar refractivity (Wildman–Crippen MR) is 152 cm³/mol. The number of carbonyl (C=O) groups is 2. The molecule has 0 aromatic heterocycles. The van der Waals surface area contributed by atoms with E-state index in [1.54, 1.807) is 7.05 Å². The second kappa shape index (κ2) is 16.1. The largest absolute Gasteiger partial charge is 0.343 e. The lowest BCUT2D eigenvalue weighted by atomic mass is 9.83. The van der Waals surface area contributed by atoms with Gasteiger partial charge in [-0.2, -0.15) is 0 Å². The van der Waals surface area contributed by atoms with E-state index in [1.165, 1.54) is 37.7 Å². The Bertz CT molecular complexity index is 796. The molecule has 1 aliphatic heterocycles. The van der Waals surface area contributed by atoms with Gasteiger partial charge >= 0.3 is 0 Å². The van der Waals surface area contributed by atoms with E-state index in [1.807, 2.05) is 6.92 Å². The third kappa shape index (κ3) is 9.40. The van der Waals surface area contributed by atoms with Crippen LogP contribution in [0.2, 0.25) is 0 Å². The summed E-state index contributed by atoms with van der Waals surface area (Å²) >= 11 is 0. The lowest BCUT2D eigenvalue weighted by Gasteiger charge is -2.37. The van der Waals surface area contributed by atoms with Gasteiger partial charge in [-0.15, -0.1) is 0 Å². The number of carbonyl (C=O) groups excluding carboxylic acids is 2. The zero-order valence-corrected chi connectivity index (χ0v) is 23.7. The monoisotopic (exact) mass is 512 g/mol. The van der Waals surface area contributed by atoms with Crippen molar-refractivity contribution in [2.24, 2.45) is 5.92 Å². The van der Waals surface area contributed by atoms with Crippen LogP contribution in [0.3, 0.4) is 0 Å². The van der Waals surface area contributed by atoms with Crippen LogP contribution in [0.5, 0.6) is 0 Å². The molecule has 1 aromatic rings. The van der Waals surface area contributed by atoms with Crippen molar-refractivity contribution in [1.82, 2.24) is 20.4 Å². The van der Waals surface area contributed by atoms with E-state index in [-0.39, 0.29) is 29.8 Å². The number of nitrogens with one attached hydrogen (secondary N) is 2. The highest BCUT2D eigenvalue weighted by atomic mass is 16.2. The first kappa shape index (κ1) is 29.6. The number of likely N-dealkylation sites (tertiary alicyclic amines) is 1. The first-order valence-corrected chi connectivity index (χ1v) is 15.1. The molecule has 2 fully saturated rings. The summed E-state index contributed by atoms with van der Waals surface area (Å²) < 4.78 is 0. The van der Waals surface area contributed by atoms with Gasteiger partial charge in [0.25, 0.3) is 0 Å². The highest BCUT2D eigenvalue weighted by Crippen LogP contribution is 2.29. The van der Waals surface area contributed by atoms with Gasteiger partial charge in [0.15, 0.2) is 0 Å². The highest BCUT2D eigenvalue weighted by molar-refractivity contribution is 5.90. The molecule has 0 unspecified atom stereocenters. The highest BCUT2D eigenvalue weighted by Gasteiger charge is 2.39. The Labute approximate surface area is 225 Å². The standard InChI is InChI=1S/C31H52N4O2/c1-4-5-6-13-21-34(23-20-26-15-9-7-10-16-26)24-28-19-14-22-35(28)31(37)29(27-17-11-8-12-18-27)33-30(36)25(2)32-3/h7,9-10,15-16,25,27-29,32H,4-6,8,11-14,17-24H2,1-3H3,(H,33,36)/t25-,28-,29-/m0/s1. The first-order chi connectivity index (χ1) is 18.0. The average Bonchev–Trinajstić information content (AvgIpc) is 3.40. The van der Waals surface area contributed by atoms with Crippen molar-refractivity contribution in [3.63, 3.8) is 0 Å². The van der Waals surface area contributed by atoms with Crippen LogP contribution in [-0.2, 0) is 16.0 Å². The maximum Gasteiger partial charge on any atom is 0.245 e. The first-order valence-electron chi connectivity index (χ1n) is 15.1. The van der Waals surface area contributed by atoms with Gasteiger partial charge in [0.2, 0.25) is 11.8 Å². The third-order valence-corrected chi connectivity index (χ3v) is 8.53. The minimum atomic E-state index is -0.397. The van der Waals surface area contributed by atoms with Gasteiger partial charge in [0.05, 0.1) is 6.04 Å². The topological polar surface area (TPSA) is 64.7 Å². The van der Waals surface area contributed by atoms with Crippen LogP contribution in [0.15, 0.2) is 30.3 Å². The number of hydrogen-bond acceptors (Lipinski definition) is 4. The quantitative estimate of drug-likeness (QED) is 0.332. The molecule has 0 spiro atoms. The molecule has 6 nitrogen and oxygen atoms in total. The summed E-state index contributed by atoms with van der Waals surface area (Å²) in [4.78, 5) is 31.6. The van der Waals surface area contributed by atoms with Gasteiger partial charge in [-0.05, 0) is 70.5 Å². The summed E-state index contributed by atoms with van der Waals surface area (Å²) in [6, 6.07) is 10.3. The molecule has 37 heavy (non-hydrogen) atoms. The summed E-state index contributed by atoms with van der Waals surface area (Å²) in [5.41, 5.74) is 1.37. The molecule has 1 saturated carbocycles. The predicted octanol–water partition coefficient (Wildman–Crippen LogP) is 4.78. The Balaban J connectivity index is 1.68. The Morgan fingerprint density at radius 1 is 1.00 bits per heavy atom. The minimum absolute atomic E-state index is 0.0671. The summed E-state index contributed by atoms with van der Waals surface area (Å²) in [5, 5.41) is 6.21. The number of benzene rings is 1. The number of amides is 2. The number of nitrogens with zero attached hydrogens (tertiary/aromatic N) is 2. The molecule has 0 bridgehead atoms. The van der Waals surface area contributed by atoms with Crippen molar-refractivity contribution < 1.29 is 9.59 Å². The Morgan fingerprint density at radius 3 is 2.46 bits per heavy atom. The minimum Gasteiger partial charge on any atom is -0.343 e. The molecular weight excluding hydrogens is 460 g/mol. The van der Waals surface area contributed by atoms with Crippen LogP contribution in [0, 0.1) is 5.92 Å². The van der Waals surface area contributed by atoms with Crippen molar-refractivity contribution in [2.75, 3.05) is 33.2 Å². The summed E-state index contributed by atoms with van der Waals surface area (Å²) in [5.74, 6) is 0.335. The second-order valence-corrected chi connectivity index (χ2v) is 11.3. The number of rotatable bonds is 15. The maximum atomic E-state index is 14.0. The molecule has 208 valence electrons. The molecule has 0 radical (unpaired) electrons. The smallest absolute Gasteiger partial charge is 0.245 e. The molecule has 1 aliphatic carbocycles. The van der Waals surface area contributed by atoms with Crippen LogP contribution >= 0.6 is 0 Å². The van der Waals surface area contributed by atoms with E-state index in [9.17, 15) is 9.59 Å². The molecule has 2 aliphatic rings. The molecular formula is C31H52N4O2. The Hall–Kier alpha value is -1.92. The van der Waals surface area contributed by atoms with Gasteiger partial charge in [-0.3, -0.25) is 9.59 Å². The van der Waals surface area contributed by atoms with Gasteiger partial charge < -0.3 is 20.4 Å².